The first-order valence-electron chi connectivity index (χ1n) is 8.35. The maximum Gasteiger partial charge on any atom is 0.342 e. The lowest BCUT2D eigenvalue weighted by molar-refractivity contribution is -0.122. The van der Waals surface area contributed by atoms with Crippen LogP contribution in [0.2, 0.25) is 0 Å². The zero-order chi connectivity index (χ0) is 18.7. The summed E-state index contributed by atoms with van der Waals surface area (Å²) < 4.78 is 15.7. The predicted octanol–water partition coefficient (Wildman–Crippen LogP) is 2.84. The van der Waals surface area contributed by atoms with Crippen molar-refractivity contribution in [2.24, 2.45) is 0 Å². The van der Waals surface area contributed by atoms with Crippen LogP contribution in [-0.4, -0.2) is 38.7 Å². The summed E-state index contributed by atoms with van der Waals surface area (Å²) >= 11 is 0. The van der Waals surface area contributed by atoms with Gasteiger partial charge < -0.3 is 19.1 Å². The zero-order valence-electron chi connectivity index (χ0n) is 15.0. The van der Waals surface area contributed by atoms with E-state index >= 15 is 0 Å². The lowest BCUT2D eigenvalue weighted by Gasteiger charge is -2.22. The third-order valence-electron chi connectivity index (χ3n) is 4.43. The topological polar surface area (TPSA) is 65.1 Å². The minimum atomic E-state index is -0.630. The van der Waals surface area contributed by atoms with Gasteiger partial charge in [-0.2, -0.15) is 0 Å². The molecule has 0 aromatic heterocycles. The van der Waals surface area contributed by atoms with Crippen LogP contribution in [0.5, 0.6) is 11.5 Å². The molecule has 1 unspecified atom stereocenters. The molecule has 0 N–H and O–H groups in total. The van der Waals surface area contributed by atoms with Crippen molar-refractivity contribution in [3.8, 4) is 11.5 Å². The van der Waals surface area contributed by atoms with Crippen molar-refractivity contribution in [1.82, 2.24) is 0 Å². The van der Waals surface area contributed by atoms with Gasteiger partial charge in [-0.3, -0.25) is 4.79 Å². The summed E-state index contributed by atoms with van der Waals surface area (Å²) in [7, 11) is 2.94. The molecular weight excluding hydrogens is 334 g/mol. The van der Waals surface area contributed by atoms with Crippen LogP contribution in [0.4, 0.5) is 5.69 Å². The average Bonchev–Trinajstić information content (AvgIpc) is 3.00. The molecule has 26 heavy (non-hydrogen) atoms. The number of nitrogens with zero attached hydrogens (tertiary/aromatic N) is 1. The molecule has 0 fully saturated rings. The van der Waals surface area contributed by atoms with Gasteiger partial charge in [0.1, 0.15) is 5.56 Å². The number of hydrogen-bond acceptors (Lipinski definition) is 5. The van der Waals surface area contributed by atoms with E-state index in [1.165, 1.54) is 14.2 Å². The summed E-state index contributed by atoms with van der Waals surface area (Å²) in [6.45, 7) is 1.64. The maximum absolute atomic E-state index is 12.6. The fraction of sp³-hybridized carbons (Fsp3) is 0.300. The number of hydrogen-bond donors (Lipinski definition) is 0. The Morgan fingerprint density at radius 3 is 2.58 bits per heavy atom. The normalized spacial score (nSPS) is 15.3. The number of esters is 1. The van der Waals surface area contributed by atoms with Gasteiger partial charge in [-0.25, -0.2) is 4.79 Å². The number of carbonyl (C=O) groups excluding carboxylic acids is 2. The van der Waals surface area contributed by atoms with Crippen LogP contribution in [0.25, 0.3) is 0 Å². The fourth-order valence-electron chi connectivity index (χ4n) is 3.27. The lowest BCUT2D eigenvalue weighted by atomic mass is 10.1. The van der Waals surface area contributed by atoms with E-state index < -0.39 is 5.97 Å². The average molecular weight is 355 g/mol. The molecule has 136 valence electrons. The summed E-state index contributed by atoms with van der Waals surface area (Å²) in [6.07, 6.45) is 0.791. The summed E-state index contributed by atoms with van der Waals surface area (Å²) in [6, 6.07) is 12.7. The molecule has 0 saturated carbocycles. The van der Waals surface area contributed by atoms with Crippen molar-refractivity contribution in [2.45, 2.75) is 19.4 Å². The van der Waals surface area contributed by atoms with E-state index in [1.54, 1.807) is 23.1 Å². The van der Waals surface area contributed by atoms with E-state index in [9.17, 15) is 9.59 Å². The zero-order valence-corrected chi connectivity index (χ0v) is 15.0. The number of carbonyl (C=O) groups is 2. The minimum absolute atomic E-state index is 0.0324. The van der Waals surface area contributed by atoms with Gasteiger partial charge in [0.05, 0.1) is 14.2 Å². The van der Waals surface area contributed by atoms with Gasteiger partial charge in [0.15, 0.2) is 18.1 Å². The number of benzene rings is 2. The largest absolute Gasteiger partial charge is 0.493 e. The molecule has 6 heteroatoms. The van der Waals surface area contributed by atoms with Gasteiger partial charge in [-0.15, -0.1) is 0 Å². The Kier molecular flexibility index (Phi) is 5.11. The van der Waals surface area contributed by atoms with Crippen molar-refractivity contribution in [3.05, 3.63) is 53.6 Å². The van der Waals surface area contributed by atoms with Crippen LogP contribution in [-0.2, 0) is 16.0 Å². The standard InChI is InChI=1S/C20H21NO5/c1-13-11-14-7-4-5-9-16(14)21(13)18(22)12-26-20(23)15-8-6-10-17(24-2)19(15)25-3/h4-10,13H,11-12H2,1-3H3. The molecule has 0 aliphatic carbocycles. The van der Waals surface area contributed by atoms with E-state index in [0.717, 1.165) is 17.7 Å². The van der Waals surface area contributed by atoms with Gasteiger partial charge >= 0.3 is 5.97 Å². The van der Waals surface area contributed by atoms with Crippen LogP contribution in [0.15, 0.2) is 42.5 Å². The second-order valence-electron chi connectivity index (χ2n) is 6.06. The third-order valence-corrected chi connectivity index (χ3v) is 4.43. The highest BCUT2D eigenvalue weighted by atomic mass is 16.5. The van der Waals surface area contributed by atoms with E-state index in [1.807, 2.05) is 31.2 Å². The van der Waals surface area contributed by atoms with Crippen molar-refractivity contribution >= 4 is 17.6 Å². The van der Waals surface area contributed by atoms with Gasteiger partial charge in [0.2, 0.25) is 0 Å². The molecule has 2 aromatic rings. The van der Waals surface area contributed by atoms with Gasteiger partial charge in [-0.1, -0.05) is 24.3 Å². The maximum atomic E-state index is 12.6. The Hall–Kier alpha value is -3.02. The Morgan fingerprint density at radius 2 is 1.85 bits per heavy atom. The molecule has 0 spiro atoms. The van der Waals surface area contributed by atoms with Crippen LogP contribution in [0, 0.1) is 0 Å². The van der Waals surface area contributed by atoms with E-state index in [0.29, 0.717) is 5.75 Å². The molecule has 6 nitrogen and oxygen atoms in total. The predicted molar refractivity (Wildman–Crippen MR) is 96.9 cm³/mol. The molecule has 1 amide bonds. The van der Waals surface area contributed by atoms with E-state index in [4.69, 9.17) is 14.2 Å². The minimum Gasteiger partial charge on any atom is -0.493 e. The van der Waals surface area contributed by atoms with E-state index in [2.05, 4.69) is 0 Å². The van der Waals surface area contributed by atoms with E-state index in [-0.39, 0.29) is 29.9 Å². The van der Waals surface area contributed by atoms with Crippen molar-refractivity contribution in [1.29, 1.82) is 0 Å². The van der Waals surface area contributed by atoms with Gasteiger partial charge in [0, 0.05) is 11.7 Å². The lowest BCUT2D eigenvalue weighted by Crippen LogP contribution is -2.38. The van der Waals surface area contributed by atoms with Crippen LogP contribution >= 0.6 is 0 Å². The molecule has 0 bridgehead atoms. The number of fused-ring (bicyclic) bond motifs is 1. The second kappa shape index (κ2) is 7.47. The van der Waals surface area contributed by atoms with Crippen molar-refractivity contribution in [3.63, 3.8) is 0 Å². The molecule has 3 rings (SSSR count). The smallest absolute Gasteiger partial charge is 0.342 e. The number of amides is 1. The third kappa shape index (κ3) is 3.22. The van der Waals surface area contributed by atoms with Crippen LogP contribution < -0.4 is 14.4 Å². The number of ether oxygens (including phenoxy) is 3. The Balaban J connectivity index is 1.72. The van der Waals surface area contributed by atoms with Crippen molar-refractivity contribution in [2.75, 3.05) is 25.7 Å². The Morgan fingerprint density at radius 1 is 1.08 bits per heavy atom. The van der Waals surface area contributed by atoms with Crippen molar-refractivity contribution < 1.29 is 23.8 Å². The SMILES string of the molecule is COc1cccc(C(=O)OCC(=O)N2c3ccccc3CC2C)c1OC. The first kappa shape index (κ1) is 17.8. The quantitative estimate of drug-likeness (QED) is 0.772. The highest BCUT2D eigenvalue weighted by molar-refractivity contribution is 6.00. The first-order valence-corrected chi connectivity index (χ1v) is 8.35. The molecule has 1 aliphatic heterocycles. The summed E-state index contributed by atoms with van der Waals surface area (Å²) in [5.74, 6) is -0.172. The fourth-order valence-corrected chi connectivity index (χ4v) is 3.27. The number of para-hydroxylation sites is 2. The number of rotatable bonds is 5. The molecule has 0 radical (unpaired) electrons. The van der Waals surface area contributed by atoms with Crippen LogP contribution in [0.1, 0.15) is 22.8 Å². The molecule has 1 aliphatic rings. The van der Waals surface area contributed by atoms with Gasteiger partial charge in [-0.05, 0) is 37.1 Å². The molecular formula is C20H21NO5. The first-order chi connectivity index (χ1) is 12.6. The highest BCUT2D eigenvalue weighted by Gasteiger charge is 2.31. The second-order valence-corrected chi connectivity index (χ2v) is 6.06. The molecule has 0 saturated heterocycles. The Labute approximate surface area is 152 Å². The number of anilines is 1. The number of methoxy groups -OCH3 is 2. The molecule has 1 heterocycles. The summed E-state index contributed by atoms with van der Waals surface area (Å²) in [4.78, 5) is 26.7. The summed E-state index contributed by atoms with van der Waals surface area (Å²) in [5, 5.41) is 0. The van der Waals surface area contributed by atoms with Crippen LogP contribution in [0.3, 0.4) is 0 Å². The highest BCUT2D eigenvalue weighted by Crippen LogP contribution is 2.33. The summed E-state index contributed by atoms with van der Waals surface area (Å²) in [5.41, 5.74) is 2.21. The monoisotopic (exact) mass is 355 g/mol. The molecule has 1 atom stereocenters. The molecule has 2 aromatic carbocycles. The Bertz CT molecular complexity index is 833. The van der Waals surface area contributed by atoms with Gasteiger partial charge in [0.25, 0.3) is 5.91 Å².